The minimum Gasteiger partial charge on any atom is -0.476 e. The lowest BCUT2D eigenvalue weighted by Gasteiger charge is -2.39. The summed E-state index contributed by atoms with van der Waals surface area (Å²) in [6.45, 7) is 4.24. The van der Waals surface area contributed by atoms with Crippen LogP contribution in [0.4, 0.5) is 0 Å². The fraction of sp³-hybridized carbons (Fsp3) is 0.727. The van der Waals surface area contributed by atoms with Gasteiger partial charge in [0.1, 0.15) is 0 Å². The summed E-state index contributed by atoms with van der Waals surface area (Å²) in [4.78, 5) is 13.1. The molecular weight excluding hydrogens is 220 g/mol. The predicted molar refractivity (Wildman–Crippen MR) is 59.6 cm³/mol. The molecule has 6 heteroatoms. The van der Waals surface area contributed by atoms with Crippen LogP contribution in [0, 0.1) is 11.8 Å². The fourth-order valence-corrected chi connectivity index (χ4v) is 2.36. The molecule has 17 heavy (non-hydrogen) atoms. The zero-order valence-corrected chi connectivity index (χ0v) is 9.62. The molecular formula is C11H16N4O2. The summed E-state index contributed by atoms with van der Waals surface area (Å²) in [6.07, 6.45) is 4.30. The molecule has 1 aromatic rings. The van der Waals surface area contributed by atoms with Crippen molar-refractivity contribution >= 4 is 5.97 Å². The molecule has 0 spiro atoms. The van der Waals surface area contributed by atoms with Gasteiger partial charge >= 0.3 is 5.97 Å². The number of aromatic carboxylic acids is 1. The predicted octanol–water partition coefficient (Wildman–Crippen LogP) is 0.318. The summed E-state index contributed by atoms with van der Waals surface area (Å²) in [5, 5.41) is 16.2. The van der Waals surface area contributed by atoms with Gasteiger partial charge in [-0.3, -0.25) is 4.68 Å². The quantitative estimate of drug-likeness (QED) is 0.797. The Kier molecular flexibility index (Phi) is 2.58. The SMILES string of the molecule is O=C(O)c1cn(CC2CN(CC3CC3)C2)nn1. The van der Waals surface area contributed by atoms with Gasteiger partial charge in [-0.2, -0.15) is 0 Å². The van der Waals surface area contributed by atoms with E-state index < -0.39 is 5.97 Å². The van der Waals surface area contributed by atoms with Gasteiger partial charge in [0.15, 0.2) is 5.69 Å². The third kappa shape index (κ3) is 2.46. The summed E-state index contributed by atoms with van der Waals surface area (Å²) >= 11 is 0. The number of likely N-dealkylation sites (tertiary alicyclic amines) is 1. The van der Waals surface area contributed by atoms with Gasteiger partial charge < -0.3 is 10.0 Å². The van der Waals surface area contributed by atoms with Crippen LogP contribution in [-0.4, -0.2) is 50.6 Å². The zero-order valence-electron chi connectivity index (χ0n) is 9.62. The first kappa shape index (κ1) is 10.7. The van der Waals surface area contributed by atoms with Crippen molar-refractivity contribution in [2.45, 2.75) is 19.4 Å². The molecule has 6 nitrogen and oxygen atoms in total. The second-order valence-electron chi connectivity index (χ2n) is 5.16. The first-order valence-electron chi connectivity index (χ1n) is 6.06. The Morgan fingerprint density at radius 2 is 2.12 bits per heavy atom. The molecule has 1 saturated heterocycles. The van der Waals surface area contributed by atoms with E-state index in [-0.39, 0.29) is 5.69 Å². The lowest BCUT2D eigenvalue weighted by Crippen LogP contribution is -2.49. The number of hydrogen-bond donors (Lipinski definition) is 1. The molecule has 1 aromatic heterocycles. The molecule has 2 fully saturated rings. The normalized spacial score (nSPS) is 21.4. The van der Waals surface area contributed by atoms with Gasteiger partial charge in [-0.05, 0) is 18.8 Å². The van der Waals surface area contributed by atoms with Crippen LogP contribution in [0.3, 0.4) is 0 Å². The highest BCUT2D eigenvalue weighted by Crippen LogP contribution is 2.32. The minimum absolute atomic E-state index is 0.0270. The lowest BCUT2D eigenvalue weighted by atomic mass is 10.00. The standard InChI is InChI=1S/C11H16N4O2/c16-11(17)10-7-15(13-12-10)6-9-4-14(5-9)3-8-1-2-8/h7-9H,1-6H2,(H,16,17). The van der Waals surface area contributed by atoms with Crippen molar-refractivity contribution in [3.8, 4) is 0 Å². The topological polar surface area (TPSA) is 71.2 Å². The highest BCUT2D eigenvalue weighted by atomic mass is 16.4. The summed E-state index contributed by atoms with van der Waals surface area (Å²) in [7, 11) is 0. The van der Waals surface area contributed by atoms with Crippen LogP contribution >= 0.6 is 0 Å². The molecule has 0 aromatic carbocycles. The highest BCUT2D eigenvalue weighted by Gasteiger charge is 2.32. The Labute approximate surface area is 99.2 Å². The number of carboxylic acid groups (broad SMARTS) is 1. The van der Waals surface area contributed by atoms with Crippen molar-refractivity contribution in [3.05, 3.63) is 11.9 Å². The largest absolute Gasteiger partial charge is 0.476 e. The Morgan fingerprint density at radius 1 is 1.35 bits per heavy atom. The van der Waals surface area contributed by atoms with Gasteiger partial charge in [0.05, 0.1) is 6.20 Å². The van der Waals surface area contributed by atoms with Crippen LogP contribution in [0.15, 0.2) is 6.20 Å². The molecule has 0 unspecified atom stereocenters. The molecule has 0 radical (unpaired) electrons. The lowest BCUT2D eigenvalue weighted by molar-refractivity contribution is 0.0690. The number of hydrogen-bond acceptors (Lipinski definition) is 4. The Hall–Kier alpha value is -1.43. The third-order valence-corrected chi connectivity index (χ3v) is 3.45. The molecule has 2 aliphatic rings. The van der Waals surface area contributed by atoms with Gasteiger partial charge in [-0.25, -0.2) is 4.79 Å². The average molecular weight is 236 g/mol. The summed E-state index contributed by atoms with van der Waals surface area (Å²) in [5.41, 5.74) is 0.0270. The van der Waals surface area contributed by atoms with Gasteiger partial charge in [0, 0.05) is 32.1 Å². The number of carbonyl (C=O) groups is 1. The van der Waals surface area contributed by atoms with E-state index in [0.717, 1.165) is 25.6 Å². The van der Waals surface area contributed by atoms with Crippen molar-refractivity contribution in [2.24, 2.45) is 11.8 Å². The zero-order chi connectivity index (χ0) is 11.8. The molecule has 92 valence electrons. The first-order valence-corrected chi connectivity index (χ1v) is 6.06. The molecule has 1 saturated carbocycles. The van der Waals surface area contributed by atoms with Gasteiger partial charge in [0.25, 0.3) is 0 Å². The van der Waals surface area contributed by atoms with Gasteiger partial charge in [-0.15, -0.1) is 5.10 Å². The average Bonchev–Trinajstić information content (AvgIpc) is 2.91. The Bertz CT molecular complexity index is 421. The molecule has 1 aliphatic carbocycles. The second-order valence-corrected chi connectivity index (χ2v) is 5.16. The highest BCUT2D eigenvalue weighted by molar-refractivity contribution is 5.84. The number of nitrogens with zero attached hydrogens (tertiary/aromatic N) is 4. The molecule has 3 rings (SSSR count). The first-order chi connectivity index (χ1) is 8.20. The fourth-order valence-electron chi connectivity index (χ4n) is 2.36. The Balaban J connectivity index is 1.46. The van der Waals surface area contributed by atoms with E-state index in [9.17, 15) is 4.79 Å². The van der Waals surface area contributed by atoms with E-state index in [0.29, 0.717) is 5.92 Å². The minimum atomic E-state index is -1.01. The van der Waals surface area contributed by atoms with Crippen molar-refractivity contribution in [2.75, 3.05) is 19.6 Å². The molecule has 0 amide bonds. The van der Waals surface area contributed by atoms with Crippen LogP contribution in [0.1, 0.15) is 23.3 Å². The van der Waals surface area contributed by atoms with Crippen LogP contribution in [0.25, 0.3) is 0 Å². The Morgan fingerprint density at radius 3 is 2.71 bits per heavy atom. The summed E-state index contributed by atoms with van der Waals surface area (Å²) < 4.78 is 1.64. The van der Waals surface area contributed by atoms with Crippen molar-refractivity contribution < 1.29 is 9.90 Å². The third-order valence-electron chi connectivity index (χ3n) is 3.45. The van der Waals surface area contributed by atoms with E-state index in [2.05, 4.69) is 15.2 Å². The van der Waals surface area contributed by atoms with Crippen LogP contribution in [0.5, 0.6) is 0 Å². The van der Waals surface area contributed by atoms with Crippen LogP contribution in [-0.2, 0) is 6.54 Å². The smallest absolute Gasteiger partial charge is 0.358 e. The van der Waals surface area contributed by atoms with E-state index in [1.165, 1.54) is 25.6 Å². The van der Waals surface area contributed by atoms with Gasteiger partial charge in [-0.1, -0.05) is 5.21 Å². The van der Waals surface area contributed by atoms with E-state index in [1.807, 2.05) is 0 Å². The van der Waals surface area contributed by atoms with E-state index in [1.54, 1.807) is 4.68 Å². The number of carboxylic acids is 1. The van der Waals surface area contributed by atoms with Crippen LogP contribution in [0.2, 0.25) is 0 Å². The maximum absolute atomic E-state index is 10.6. The van der Waals surface area contributed by atoms with E-state index in [4.69, 9.17) is 5.11 Å². The monoisotopic (exact) mass is 236 g/mol. The molecule has 1 N–H and O–H groups in total. The number of rotatable bonds is 5. The van der Waals surface area contributed by atoms with Crippen molar-refractivity contribution in [1.82, 2.24) is 19.9 Å². The maximum atomic E-state index is 10.6. The van der Waals surface area contributed by atoms with Crippen molar-refractivity contribution in [3.63, 3.8) is 0 Å². The second kappa shape index (κ2) is 4.10. The van der Waals surface area contributed by atoms with E-state index >= 15 is 0 Å². The maximum Gasteiger partial charge on any atom is 0.358 e. The van der Waals surface area contributed by atoms with Crippen LogP contribution < -0.4 is 0 Å². The molecule has 2 heterocycles. The van der Waals surface area contributed by atoms with Crippen molar-refractivity contribution in [1.29, 1.82) is 0 Å². The molecule has 1 aliphatic heterocycles. The summed E-state index contributed by atoms with van der Waals surface area (Å²) in [5.74, 6) is 0.526. The molecule has 0 atom stereocenters. The molecule has 0 bridgehead atoms. The van der Waals surface area contributed by atoms with Gasteiger partial charge in [0.2, 0.25) is 0 Å². The summed E-state index contributed by atoms with van der Waals surface area (Å²) in [6, 6.07) is 0. The number of aromatic nitrogens is 3.